The van der Waals surface area contributed by atoms with Crippen LogP contribution in [-0.2, 0) is 0 Å². The van der Waals surface area contributed by atoms with E-state index in [0.717, 1.165) is 18.4 Å². The second kappa shape index (κ2) is 6.44. The smallest absolute Gasteiger partial charge is 0.00194 e. The molecule has 0 radical (unpaired) electrons. The molecule has 2 rings (SSSR count). The first kappa shape index (κ1) is 12.2. The normalized spacial score (nSPS) is 24.4. The van der Waals surface area contributed by atoms with Crippen LogP contribution in [0.1, 0.15) is 58.3 Å². The molecule has 0 spiro atoms. The first-order valence-electron chi connectivity index (χ1n) is 7.31. The van der Waals surface area contributed by atoms with Crippen molar-refractivity contribution in [2.45, 2.75) is 58.3 Å². The van der Waals surface area contributed by atoms with Gasteiger partial charge in [-0.25, -0.2) is 0 Å². The molecule has 1 heteroatoms. The van der Waals surface area contributed by atoms with Crippen molar-refractivity contribution >= 4 is 0 Å². The summed E-state index contributed by atoms with van der Waals surface area (Å²) < 4.78 is 0. The van der Waals surface area contributed by atoms with Crippen LogP contribution < -0.4 is 5.32 Å². The molecule has 0 aliphatic heterocycles. The summed E-state index contributed by atoms with van der Waals surface area (Å²) in [5.41, 5.74) is 1.79. The van der Waals surface area contributed by atoms with Gasteiger partial charge in [0.2, 0.25) is 0 Å². The van der Waals surface area contributed by atoms with Crippen LogP contribution >= 0.6 is 0 Å². The van der Waals surface area contributed by atoms with Crippen molar-refractivity contribution in [1.29, 1.82) is 0 Å². The number of nitrogens with one attached hydrogen (secondary N) is 1. The highest BCUT2D eigenvalue weighted by atomic mass is 14.8. The van der Waals surface area contributed by atoms with Crippen LogP contribution in [0.15, 0.2) is 11.6 Å². The Morgan fingerprint density at radius 3 is 2.69 bits per heavy atom. The van der Waals surface area contributed by atoms with Crippen molar-refractivity contribution in [3.8, 4) is 0 Å². The maximum atomic E-state index is 3.58. The van der Waals surface area contributed by atoms with Crippen LogP contribution in [0, 0.1) is 11.8 Å². The van der Waals surface area contributed by atoms with E-state index >= 15 is 0 Å². The van der Waals surface area contributed by atoms with Gasteiger partial charge >= 0.3 is 0 Å². The van der Waals surface area contributed by atoms with Gasteiger partial charge in [-0.3, -0.25) is 0 Å². The van der Waals surface area contributed by atoms with E-state index in [0.29, 0.717) is 0 Å². The Morgan fingerprint density at radius 2 is 2.06 bits per heavy atom. The average Bonchev–Trinajstić information content (AvgIpc) is 2.85. The van der Waals surface area contributed by atoms with E-state index in [-0.39, 0.29) is 0 Å². The van der Waals surface area contributed by atoms with Gasteiger partial charge in [0, 0.05) is 6.54 Å². The molecule has 0 aromatic rings. The highest BCUT2D eigenvalue weighted by molar-refractivity contribution is 5.12. The van der Waals surface area contributed by atoms with Crippen LogP contribution in [0.4, 0.5) is 0 Å². The summed E-state index contributed by atoms with van der Waals surface area (Å²) in [4.78, 5) is 0. The van der Waals surface area contributed by atoms with Crippen molar-refractivity contribution in [1.82, 2.24) is 5.32 Å². The first-order chi connectivity index (χ1) is 7.92. The van der Waals surface area contributed by atoms with Crippen molar-refractivity contribution in [3.05, 3.63) is 11.6 Å². The maximum absolute atomic E-state index is 3.58. The highest BCUT2D eigenvalue weighted by Gasteiger charge is 2.27. The minimum Gasteiger partial charge on any atom is -0.316 e. The SMILES string of the molecule is CCNCC(C1=CCCCC1)C1CCCC1. The Labute approximate surface area is 101 Å². The van der Waals surface area contributed by atoms with E-state index in [9.17, 15) is 0 Å². The Morgan fingerprint density at radius 1 is 1.25 bits per heavy atom. The molecular weight excluding hydrogens is 194 g/mol. The molecule has 0 aromatic carbocycles. The van der Waals surface area contributed by atoms with Crippen molar-refractivity contribution in [3.63, 3.8) is 0 Å². The van der Waals surface area contributed by atoms with E-state index in [1.54, 1.807) is 5.57 Å². The van der Waals surface area contributed by atoms with Crippen molar-refractivity contribution in [2.24, 2.45) is 11.8 Å². The molecule has 92 valence electrons. The largest absolute Gasteiger partial charge is 0.316 e. The molecule has 1 unspecified atom stereocenters. The molecule has 2 aliphatic rings. The monoisotopic (exact) mass is 221 g/mol. The molecule has 1 N–H and O–H groups in total. The van der Waals surface area contributed by atoms with Gasteiger partial charge in [0.25, 0.3) is 0 Å². The molecule has 1 saturated carbocycles. The van der Waals surface area contributed by atoms with Crippen LogP contribution in [0.2, 0.25) is 0 Å². The predicted molar refractivity (Wildman–Crippen MR) is 70.5 cm³/mol. The van der Waals surface area contributed by atoms with E-state index in [1.165, 1.54) is 57.9 Å². The van der Waals surface area contributed by atoms with Gasteiger partial charge in [-0.05, 0) is 56.9 Å². The zero-order valence-corrected chi connectivity index (χ0v) is 10.8. The van der Waals surface area contributed by atoms with Crippen LogP contribution in [-0.4, -0.2) is 13.1 Å². The Hall–Kier alpha value is -0.300. The minimum atomic E-state index is 0.864. The van der Waals surface area contributed by atoms with Gasteiger partial charge in [0.1, 0.15) is 0 Å². The molecule has 0 aromatic heterocycles. The Kier molecular flexibility index (Phi) is 4.90. The molecule has 1 atom stereocenters. The lowest BCUT2D eigenvalue weighted by atomic mass is 9.80. The Bertz CT molecular complexity index is 226. The number of hydrogen-bond donors (Lipinski definition) is 1. The lowest BCUT2D eigenvalue weighted by Gasteiger charge is -2.28. The third-order valence-corrected chi connectivity index (χ3v) is 4.39. The number of allylic oxidation sites excluding steroid dienone is 1. The van der Waals surface area contributed by atoms with Crippen molar-refractivity contribution in [2.75, 3.05) is 13.1 Å². The van der Waals surface area contributed by atoms with Crippen LogP contribution in [0.5, 0.6) is 0 Å². The topological polar surface area (TPSA) is 12.0 Å². The predicted octanol–water partition coefficient (Wildman–Crippen LogP) is 3.90. The molecule has 1 fully saturated rings. The second-order valence-electron chi connectivity index (χ2n) is 5.48. The molecule has 0 amide bonds. The molecule has 0 bridgehead atoms. The quantitative estimate of drug-likeness (QED) is 0.694. The summed E-state index contributed by atoms with van der Waals surface area (Å²) in [5.74, 6) is 1.85. The van der Waals surface area contributed by atoms with E-state index in [4.69, 9.17) is 0 Å². The van der Waals surface area contributed by atoms with Gasteiger partial charge in [-0.2, -0.15) is 0 Å². The fourth-order valence-corrected chi connectivity index (χ4v) is 3.46. The first-order valence-corrected chi connectivity index (χ1v) is 7.31. The van der Waals surface area contributed by atoms with E-state index in [2.05, 4.69) is 18.3 Å². The molecule has 2 aliphatic carbocycles. The fraction of sp³-hybridized carbons (Fsp3) is 0.867. The summed E-state index contributed by atoms with van der Waals surface area (Å²) in [6.45, 7) is 4.57. The minimum absolute atomic E-state index is 0.864. The van der Waals surface area contributed by atoms with Crippen LogP contribution in [0.25, 0.3) is 0 Å². The number of hydrogen-bond acceptors (Lipinski definition) is 1. The summed E-state index contributed by atoms with van der Waals surface area (Å²) in [6.07, 6.45) is 14.0. The lowest BCUT2D eigenvalue weighted by molar-refractivity contribution is 0.356. The van der Waals surface area contributed by atoms with Gasteiger partial charge in [-0.15, -0.1) is 0 Å². The summed E-state index contributed by atoms with van der Waals surface area (Å²) in [7, 11) is 0. The molecule has 16 heavy (non-hydrogen) atoms. The highest BCUT2D eigenvalue weighted by Crippen LogP contribution is 2.37. The average molecular weight is 221 g/mol. The maximum Gasteiger partial charge on any atom is 0.00194 e. The van der Waals surface area contributed by atoms with Gasteiger partial charge in [-0.1, -0.05) is 31.4 Å². The molecule has 0 heterocycles. The summed E-state index contributed by atoms with van der Waals surface area (Å²) in [5, 5.41) is 3.58. The fourth-order valence-electron chi connectivity index (χ4n) is 3.46. The summed E-state index contributed by atoms with van der Waals surface area (Å²) >= 11 is 0. The van der Waals surface area contributed by atoms with Gasteiger partial charge in [0.15, 0.2) is 0 Å². The zero-order valence-electron chi connectivity index (χ0n) is 10.8. The van der Waals surface area contributed by atoms with Crippen molar-refractivity contribution < 1.29 is 0 Å². The van der Waals surface area contributed by atoms with E-state index in [1.807, 2.05) is 0 Å². The Balaban J connectivity index is 1.97. The molecule has 0 saturated heterocycles. The number of rotatable bonds is 5. The second-order valence-corrected chi connectivity index (χ2v) is 5.48. The standard InChI is InChI=1S/C15H27N/c1-2-16-12-15(14-10-6-7-11-14)13-8-4-3-5-9-13/h8,14-16H,2-7,9-12H2,1H3. The lowest BCUT2D eigenvalue weighted by Crippen LogP contribution is -2.29. The third kappa shape index (κ3) is 3.10. The summed E-state index contributed by atoms with van der Waals surface area (Å²) in [6, 6.07) is 0. The van der Waals surface area contributed by atoms with E-state index < -0.39 is 0 Å². The third-order valence-electron chi connectivity index (χ3n) is 4.39. The van der Waals surface area contributed by atoms with Crippen LogP contribution in [0.3, 0.4) is 0 Å². The molecular formula is C15H27N. The van der Waals surface area contributed by atoms with Gasteiger partial charge < -0.3 is 5.32 Å². The zero-order chi connectivity index (χ0) is 11.2. The molecule has 1 nitrogen and oxygen atoms in total. The van der Waals surface area contributed by atoms with Gasteiger partial charge in [0.05, 0.1) is 0 Å².